The van der Waals surface area contributed by atoms with Crippen molar-refractivity contribution in [3.63, 3.8) is 0 Å². The Morgan fingerprint density at radius 3 is 2.41 bits per heavy atom. The Hall–Kier alpha value is -4.95. The summed E-state index contributed by atoms with van der Waals surface area (Å²) in [7, 11) is 0. The van der Waals surface area contributed by atoms with E-state index in [-0.39, 0.29) is 36.5 Å². The first kappa shape index (κ1) is 35.9. The highest BCUT2D eigenvalue weighted by molar-refractivity contribution is 7.21. The second-order valence-corrected chi connectivity index (χ2v) is 14.5. The zero-order valence-electron chi connectivity index (χ0n) is 29.2. The van der Waals surface area contributed by atoms with Crippen LogP contribution >= 0.6 is 11.3 Å². The van der Waals surface area contributed by atoms with Gasteiger partial charge in [-0.25, -0.2) is 13.8 Å². The average molecular weight is 717 g/mol. The maximum absolute atomic E-state index is 15.1. The van der Waals surface area contributed by atoms with Crippen molar-refractivity contribution < 1.29 is 23.5 Å². The molecule has 1 fully saturated rings. The largest absolute Gasteiger partial charge is 0.489 e. The molecule has 0 unspecified atom stereocenters. The molecule has 3 aromatic heterocycles. The minimum Gasteiger partial charge on any atom is -0.489 e. The fourth-order valence-electron chi connectivity index (χ4n) is 6.34. The molecule has 1 N–H and O–H groups in total. The molecule has 3 heterocycles. The van der Waals surface area contributed by atoms with Crippen molar-refractivity contribution >= 4 is 33.2 Å². The van der Waals surface area contributed by atoms with Gasteiger partial charge >= 0.3 is 5.69 Å². The fourth-order valence-corrected chi connectivity index (χ4v) is 7.56. The summed E-state index contributed by atoms with van der Waals surface area (Å²) < 4.78 is 30.5. The van der Waals surface area contributed by atoms with Crippen LogP contribution in [0.25, 0.3) is 15.2 Å². The smallest absolute Gasteiger partial charge is 0.333 e. The van der Waals surface area contributed by atoms with E-state index < -0.39 is 34.6 Å². The fraction of sp³-hybridized carbons (Fsp3) is 0.405. The summed E-state index contributed by atoms with van der Waals surface area (Å²) >= 11 is 1.15. The van der Waals surface area contributed by atoms with Crippen LogP contribution in [0.4, 0.5) is 4.39 Å². The van der Waals surface area contributed by atoms with E-state index in [0.717, 1.165) is 21.5 Å². The number of carbonyl (C=O) groups excluding carboxylic acids is 2. The monoisotopic (exact) mass is 716 g/mol. The number of aromatic nitrogens is 5. The minimum absolute atomic E-state index is 0.143. The lowest BCUT2D eigenvalue weighted by molar-refractivity contribution is -0.129. The van der Waals surface area contributed by atoms with Crippen molar-refractivity contribution in [2.24, 2.45) is 0 Å². The summed E-state index contributed by atoms with van der Waals surface area (Å²) in [5, 5.41) is 12.1. The Morgan fingerprint density at radius 2 is 1.75 bits per heavy atom. The van der Waals surface area contributed by atoms with Crippen molar-refractivity contribution in [3.05, 3.63) is 104 Å². The molecule has 1 atom stereocenters. The first-order valence-electron chi connectivity index (χ1n) is 17.0. The molecule has 0 spiro atoms. The number of thiophene rings is 1. The molecule has 0 bridgehead atoms. The highest BCUT2D eigenvalue weighted by atomic mass is 32.1. The molecule has 5 aromatic rings. The summed E-state index contributed by atoms with van der Waals surface area (Å²) in [6, 6.07) is 13.4. The number of benzene rings is 2. The molecule has 0 aliphatic heterocycles. The SMILES string of the molecule is Cc1c(-n2nccn2)sc2c1c(=O)n(C(C)(C)C(=O)NC(C)C)c(=O)n2C[C@H](OC1CCC(=O)CC1)c1cc(F)ccc1OCc1ccccc1. The summed E-state index contributed by atoms with van der Waals surface area (Å²) in [5.74, 6) is -0.539. The number of rotatable bonds is 12. The van der Waals surface area contributed by atoms with E-state index in [1.165, 1.54) is 53.8 Å². The number of fused-ring (bicyclic) bond motifs is 1. The summed E-state index contributed by atoms with van der Waals surface area (Å²) in [5.41, 5.74) is -1.19. The zero-order chi connectivity index (χ0) is 36.4. The Morgan fingerprint density at radius 1 is 1.06 bits per heavy atom. The third kappa shape index (κ3) is 7.42. The molecule has 1 aliphatic carbocycles. The molecule has 0 saturated heterocycles. The molecular formula is C37H41FN6O6S. The van der Waals surface area contributed by atoms with E-state index in [1.807, 2.05) is 30.3 Å². The average Bonchev–Trinajstić information content (AvgIpc) is 3.75. The molecule has 12 nitrogen and oxygen atoms in total. The highest BCUT2D eigenvalue weighted by Crippen LogP contribution is 2.36. The molecule has 6 rings (SSSR count). The quantitative estimate of drug-likeness (QED) is 0.182. The van der Waals surface area contributed by atoms with E-state index in [2.05, 4.69) is 15.5 Å². The molecule has 1 saturated carbocycles. The van der Waals surface area contributed by atoms with Crippen LogP contribution in [0, 0.1) is 12.7 Å². The number of halogens is 1. The lowest BCUT2D eigenvalue weighted by atomic mass is 9.96. The van der Waals surface area contributed by atoms with Crippen LogP contribution in [0.3, 0.4) is 0 Å². The van der Waals surface area contributed by atoms with Gasteiger partial charge in [0.05, 0.1) is 30.4 Å². The number of hydrogen-bond acceptors (Lipinski definition) is 9. The van der Waals surface area contributed by atoms with Crippen LogP contribution in [0.15, 0.2) is 70.5 Å². The van der Waals surface area contributed by atoms with Gasteiger partial charge < -0.3 is 14.8 Å². The van der Waals surface area contributed by atoms with Gasteiger partial charge in [0.2, 0.25) is 5.91 Å². The number of nitrogens with zero attached hydrogens (tertiary/aromatic N) is 5. The Balaban J connectivity index is 1.54. The second kappa shape index (κ2) is 14.7. The molecule has 0 radical (unpaired) electrons. The van der Waals surface area contributed by atoms with E-state index in [1.54, 1.807) is 20.8 Å². The maximum Gasteiger partial charge on any atom is 0.333 e. The van der Waals surface area contributed by atoms with Gasteiger partial charge in [-0.3, -0.25) is 19.0 Å². The summed E-state index contributed by atoms with van der Waals surface area (Å²) in [4.78, 5) is 56.5. The van der Waals surface area contributed by atoms with E-state index >= 15 is 4.39 Å². The van der Waals surface area contributed by atoms with E-state index in [4.69, 9.17) is 9.47 Å². The normalized spacial score (nSPS) is 14.7. The van der Waals surface area contributed by atoms with E-state index in [0.29, 0.717) is 52.4 Å². The summed E-state index contributed by atoms with van der Waals surface area (Å²) in [6.07, 6.45) is 3.30. The molecule has 14 heteroatoms. The molecule has 268 valence electrons. The van der Waals surface area contributed by atoms with E-state index in [9.17, 15) is 19.2 Å². The second-order valence-electron chi connectivity index (χ2n) is 13.6. The lowest BCUT2D eigenvalue weighted by Crippen LogP contribution is -2.56. The van der Waals surface area contributed by atoms with Crippen LogP contribution in [-0.4, -0.2) is 48.0 Å². The number of amides is 1. The predicted octanol–water partition coefficient (Wildman–Crippen LogP) is 5.36. The van der Waals surface area contributed by atoms with Gasteiger partial charge in [0, 0.05) is 30.0 Å². The number of nitrogens with one attached hydrogen (secondary N) is 1. The molecule has 51 heavy (non-hydrogen) atoms. The van der Waals surface area contributed by atoms with Crippen LogP contribution in [-0.2, 0) is 33.0 Å². The van der Waals surface area contributed by atoms with Crippen LogP contribution < -0.4 is 21.3 Å². The number of hydrogen-bond donors (Lipinski definition) is 1. The number of aryl methyl sites for hydroxylation is 1. The van der Waals surface area contributed by atoms with Crippen LogP contribution in [0.2, 0.25) is 0 Å². The maximum atomic E-state index is 15.1. The van der Waals surface area contributed by atoms with Gasteiger partial charge in [-0.15, -0.1) is 4.80 Å². The predicted molar refractivity (Wildman–Crippen MR) is 191 cm³/mol. The van der Waals surface area contributed by atoms with Gasteiger partial charge in [0.15, 0.2) is 0 Å². The van der Waals surface area contributed by atoms with Crippen molar-refractivity contribution in [2.75, 3.05) is 0 Å². The molecule has 2 aromatic carbocycles. The highest BCUT2D eigenvalue weighted by Gasteiger charge is 2.37. The van der Waals surface area contributed by atoms with Crippen LogP contribution in [0.5, 0.6) is 5.75 Å². The Bertz CT molecular complexity index is 2160. The number of ketones is 1. The summed E-state index contributed by atoms with van der Waals surface area (Å²) in [6.45, 7) is 8.41. The van der Waals surface area contributed by atoms with Gasteiger partial charge in [0.25, 0.3) is 5.56 Å². The van der Waals surface area contributed by atoms with Crippen LogP contribution in [0.1, 0.15) is 76.2 Å². The molecular weight excluding hydrogens is 676 g/mol. The Labute approximate surface area is 297 Å². The van der Waals surface area contributed by atoms with Gasteiger partial charge in [-0.1, -0.05) is 41.7 Å². The first-order chi connectivity index (χ1) is 24.3. The molecule has 1 aliphatic rings. The minimum atomic E-state index is -1.60. The standard InChI is InChI=1S/C37H41FN6O6S/c1-22(2)41-35(47)37(4,5)43-32(46)31-23(3)33(44-39-17-18-40-44)51-34(31)42(36(43)48)20-30(50-27-14-12-26(45)13-15-27)28-19-25(38)11-16-29(28)49-21-24-9-7-6-8-10-24/h6-11,16-19,22,27,30H,12-15,20-21H2,1-5H3,(H,41,47)/t30-/m0/s1. The van der Waals surface area contributed by atoms with Gasteiger partial charge in [0.1, 0.15) is 45.4 Å². The number of Topliss-reactive ketones (excluding diaryl/α,β-unsaturated/α-hetero) is 1. The number of ether oxygens (including phenoxy) is 2. The van der Waals surface area contributed by atoms with Crippen molar-refractivity contribution in [1.29, 1.82) is 0 Å². The van der Waals surface area contributed by atoms with Crippen molar-refractivity contribution in [2.45, 2.75) is 97.2 Å². The van der Waals surface area contributed by atoms with Gasteiger partial charge in [-0.2, -0.15) is 10.2 Å². The third-order valence-corrected chi connectivity index (χ3v) is 10.4. The van der Waals surface area contributed by atoms with Gasteiger partial charge in [-0.05, 0) is 71.2 Å². The zero-order valence-corrected chi connectivity index (χ0v) is 30.0. The topological polar surface area (TPSA) is 139 Å². The molecule has 1 amide bonds. The van der Waals surface area contributed by atoms with Crippen molar-refractivity contribution in [3.8, 4) is 10.8 Å². The van der Waals surface area contributed by atoms with Crippen molar-refractivity contribution in [1.82, 2.24) is 29.4 Å². The first-order valence-corrected chi connectivity index (χ1v) is 17.8. The lowest BCUT2D eigenvalue weighted by Gasteiger charge is -2.30. The Kier molecular flexibility index (Phi) is 10.4. The number of carbonyl (C=O) groups is 2. The third-order valence-electron chi connectivity index (χ3n) is 9.07.